The van der Waals surface area contributed by atoms with Crippen molar-refractivity contribution in [3.63, 3.8) is 0 Å². The number of benzene rings is 2. The van der Waals surface area contributed by atoms with Crippen molar-refractivity contribution >= 4 is 40.4 Å². The third-order valence-electron chi connectivity index (χ3n) is 4.45. The quantitative estimate of drug-likeness (QED) is 0.316. The number of aromatic nitrogens is 1. The minimum Gasteiger partial charge on any atom is -0.337 e. The molecule has 1 N–H and O–H groups in total. The van der Waals surface area contributed by atoms with Crippen LogP contribution in [0.25, 0.3) is 5.70 Å². The molecule has 0 unspecified atom stereocenters. The standard InChI is InChI=1S/C24H22Cl2FN3/c1-3-4-7-22(17-6-5-12-28-15-17)29-24(20-13-18(25)9-8-16(20)2)30-23-11-10-19(26)14-21(23)27/h5-15H,3-4H2,1-2H3,(H,29,30)/b22-7+. The van der Waals surface area contributed by atoms with Gasteiger partial charge in [-0.3, -0.25) is 4.98 Å². The summed E-state index contributed by atoms with van der Waals surface area (Å²) >= 11 is 12.2. The minimum atomic E-state index is -0.463. The average Bonchev–Trinajstić information content (AvgIpc) is 2.74. The molecule has 1 aromatic heterocycles. The van der Waals surface area contributed by atoms with E-state index in [0.29, 0.717) is 15.9 Å². The summed E-state index contributed by atoms with van der Waals surface area (Å²) in [6.07, 6.45) is 7.36. The van der Waals surface area contributed by atoms with Crippen molar-refractivity contribution in [1.82, 2.24) is 4.98 Å². The second-order valence-electron chi connectivity index (χ2n) is 6.79. The number of allylic oxidation sites excluding steroid dienone is 1. The number of halogens is 3. The van der Waals surface area contributed by atoms with Gasteiger partial charge in [0.05, 0.1) is 11.4 Å². The highest BCUT2D eigenvalue weighted by atomic mass is 35.5. The molecule has 3 aromatic rings. The largest absolute Gasteiger partial charge is 0.337 e. The van der Waals surface area contributed by atoms with Gasteiger partial charge in [0, 0.05) is 33.6 Å². The Kier molecular flexibility index (Phi) is 7.61. The summed E-state index contributed by atoms with van der Waals surface area (Å²) < 4.78 is 14.5. The molecule has 0 amide bonds. The van der Waals surface area contributed by atoms with Crippen molar-refractivity contribution in [3.8, 4) is 0 Å². The fourth-order valence-corrected chi connectivity index (χ4v) is 3.20. The van der Waals surface area contributed by atoms with Crippen LogP contribution in [-0.2, 0) is 0 Å². The van der Waals surface area contributed by atoms with Crippen LogP contribution in [0.15, 0.2) is 72.0 Å². The molecule has 6 heteroatoms. The molecule has 0 aliphatic carbocycles. The van der Waals surface area contributed by atoms with Crippen LogP contribution in [0, 0.1) is 12.7 Å². The van der Waals surface area contributed by atoms with Crippen LogP contribution in [-0.4, -0.2) is 10.8 Å². The first-order valence-corrected chi connectivity index (χ1v) is 10.4. The Morgan fingerprint density at radius 2 is 1.90 bits per heavy atom. The molecule has 0 aliphatic rings. The van der Waals surface area contributed by atoms with Crippen molar-refractivity contribution in [2.24, 2.45) is 4.99 Å². The van der Waals surface area contributed by atoms with Gasteiger partial charge in [-0.05, 0) is 61.4 Å². The summed E-state index contributed by atoms with van der Waals surface area (Å²) in [7, 11) is 0. The van der Waals surface area contributed by atoms with Crippen molar-refractivity contribution in [2.45, 2.75) is 26.7 Å². The fourth-order valence-electron chi connectivity index (χ4n) is 2.87. The van der Waals surface area contributed by atoms with Crippen LogP contribution >= 0.6 is 23.2 Å². The maximum absolute atomic E-state index is 14.5. The van der Waals surface area contributed by atoms with E-state index in [0.717, 1.165) is 35.2 Å². The summed E-state index contributed by atoms with van der Waals surface area (Å²) in [6.45, 7) is 4.06. The van der Waals surface area contributed by atoms with Gasteiger partial charge in [0.25, 0.3) is 0 Å². The Morgan fingerprint density at radius 3 is 2.60 bits per heavy atom. The van der Waals surface area contributed by atoms with Crippen molar-refractivity contribution in [3.05, 3.63) is 99.6 Å². The first kappa shape index (κ1) is 22.0. The molecule has 30 heavy (non-hydrogen) atoms. The average molecular weight is 442 g/mol. The van der Waals surface area contributed by atoms with E-state index >= 15 is 0 Å². The van der Waals surface area contributed by atoms with E-state index in [2.05, 4.69) is 23.3 Å². The van der Waals surface area contributed by atoms with E-state index in [9.17, 15) is 4.39 Å². The Hall–Kier alpha value is -2.69. The summed E-state index contributed by atoms with van der Waals surface area (Å²) in [4.78, 5) is 9.09. The molecule has 0 saturated heterocycles. The predicted octanol–water partition coefficient (Wildman–Crippen LogP) is 7.54. The molecular weight excluding hydrogens is 420 g/mol. The molecule has 3 nitrogen and oxygen atoms in total. The summed E-state index contributed by atoms with van der Waals surface area (Å²) in [6, 6.07) is 13.8. The Balaban J connectivity index is 2.14. The van der Waals surface area contributed by atoms with Crippen LogP contribution in [0.3, 0.4) is 0 Å². The Morgan fingerprint density at radius 1 is 1.13 bits per heavy atom. The van der Waals surface area contributed by atoms with E-state index in [1.165, 1.54) is 6.07 Å². The Labute approximate surface area is 186 Å². The van der Waals surface area contributed by atoms with Crippen LogP contribution in [0.5, 0.6) is 0 Å². The van der Waals surface area contributed by atoms with E-state index in [1.54, 1.807) is 24.5 Å². The van der Waals surface area contributed by atoms with Crippen molar-refractivity contribution in [2.75, 3.05) is 5.32 Å². The third-order valence-corrected chi connectivity index (χ3v) is 4.93. The molecule has 0 atom stereocenters. The Bertz CT molecular complexity index is 1080. The van der Waals surface area contributed by atoms with Gasteiger partial charge in [0.2, 0.25) is 0 Å². The number of aliphatic imine (C=N–C) groups is 1. The zero-order valence-corrected chi connectivity index (χ0v) is 18.3. The number of anilines is 1. The molecule has 0 aliphatic heterocycles. The molecule has 0 spiro atoms. The van der Waals surface area contributed by atoms with Gasteiger partial charge >= 0.3 is 0 Å². The monoisotopic (exact) mass is 441 g/mol. The number of rotatable bonds is 6. The molecule has 1 heterocycles. The first-order chi connectivity index (χ1) is 14.5. The smallest absolute Gasteiger partial charge is 0.148 e. The zero-order chi connectivity index (χ0) is 21.5. The number of nitrogens with zero attached hydrogens (tertiary/aromatic N) is 2. The van der Waals surface area contributed by atoms with Crippen LogP contribution in [0.2, 0.25) is 10.0 Å². The molecule has 2 aromatic carbocycles. The number of hydrogen-bond acceptors (Lipinski definition) is 2. The minimum absolute atomic E-state index is 0.276. The topological polar surface area (TPSA) is 37.3 Å². The normalized spacial score (nSPS) is 12.2. The molecule has 0 radical (unpaired) electrons. The predicted molar refractivity (Wildman–Crippen MR) is 125 cm³/mol. The zero-order valence-electron chi connectivity index (χ0n) is 16.8. The highest BCUT2D eigenvalue weighted by molar-refractivity contribution is 6.31. The molecule has 0 fully saturated rings. The van der Waals surface area contributed by atoms with Gasteiger partial charge in [-0.2, -0.15) is 0 Å². The molecule has 0 saturated carbocycles. The number of nitrogens with one attached hydrogen (secondary N) is 1. The van der Waals surface area contributed by atoms with Crippen molar-refractivity contribution < 1.29 is 4.39 Å². The lowest BCUT2D eigenvalue weighted by molar-refractivity contribution is 0.632. The second kappa shape index (κ2) is 10.4. The third kappa shape index (κ3) is 5.68. The van der Waals surface area contributed by atoms with Gasteiger partial charge in [0.1, 0.15) is 11.7 Å². The molecule has 154 valence electrons. The van der Waals surface area contributed by atoms with E-state index in [4.69, 9.17) is 28.2 Å². The lowest BCUT2D eigenvalue weighted by Crippen LogP contribution is -2.16. The van der Waals surface area contributed by atoms with E-state index in [-0.39, 0.29) is 5.69 Å². The number of amidine groups is 1. The van der Waals surface area contributed by atoms with Crippen LogP contribution in [0.1, 0.15) is 36.5 Å². The van der Waals surface area contributed by atoms with E-state index in [1.807, 2.05) is 37.3 Å². The lowest BCUT2D eigenvalue weighted by atomic mass is 10.1. The fraction of sp³-hybridized carbons (Fsp3) is 0.167. The highest BCUT2D eigenvalue weighted by Gasteiger charge is 2.13. The first-order valence-electron chi connectivity index (χ1n) is 9.65. The highest BCUT2D eigenvalue weighted by Crippen LogP contribution is 2.24. The van der Waals surface area contributed by atoms with Gasteiger partial charge < -0.3 is 5.32 Å². The lowest BCUT2D eigenvalue weighted by Gasteiger charge is -2.15. The number of pyridine rings is 1. The van der Waals surface area contributed by atoms with Crippen LogP contribution in [0.4, 0.5) is 10.1 Å². The number of aryl methyl sites for hydroxylation is 1. The van der Waals surface area contributed by atoms with Crippen molar-refractivity contribution in [1.29, 1.82) is 0 Å². The van der Waals surface area contributed by atoms with Gasteiger partial charge in [-0.15, -0.1) is 0 Å². The molecular formula is C24H22Cl2FN3. The summed E-state index contributed by atoms with van der Waals surface area (Å²) in [5.74, 6) is 0.0257. The maximum Gasteiger partial charge on any atom is 0.148 e. The van der Waals surface area contributed by atoms with Gasteiger partial charge in [0.15, 0.2) is 0 Å². The SMILES string of the molecule is CCC/C=C(/N=C(Nc1ccc(Cl)cc1F)c1cc(Cl)ccc1C)c1cccnc1. The number of unbranched alkanes of at least 4 members (excludes halogenated alkanes) is 1. The van der Waals surface area contributed by atoms with Gasteiger partial charge in [-0.1, -0.05) is 48.7 Å². The maximum atomic E-state index is 14.5. The molecule has 0 bridgehead atoms. The summed E-state index contributed by atoms with van der Waals surface area (Å²) in [5, 5.41) is 4.03. The number of hydrogen-bond donors (Lipinski definition) is 1. The molecule has 3 rings (SSSR count). The van der Waals surface area contributed by atoms with Gasteiger partial charge in [-0.25, -0.2) is 9.38 Å². The summed E-state index contributed by atoms with van der Waals surface area (Å²) in [5.41, 5.74) is 3.64. The second-order valence-corrected chi connectivity index (χ2v) is 7.66. The van der Waals surface area contributed by atoms with E-state index < -0.39 is 5.82 Å². The van der Waals surface area contributed by atoms with Crippen LogP contribution < -0.4 is 5.32 Å².